The number of hydrogen-bond donors (Lipinski definition) is 0. The van der Waals surface area contributed by atoms with Gasteiger partial charge in [0.15, 0.2) is 6.79 Å². The highest BCUT2D eigenvalue weighted by Gasteiger charge is 2.24. The Balaban J connectivity index is 2.12. The van der Waals surface area contributed by atoms with E-state index in [1.807, 2.05) is 6.07 Å². The van der Waals surface area contributed by atoms with E-state index in [1.165, 1.54) is 16.7 Å². The van der Waals surface area contributed by atoms with Crippen molar-refractivity contribution < 1.29 is 9.47 Å². The van der Waals surface area contributed by atoms with Crippen molar-refractivity contribution in [2.24, 2.45) is 0 Å². The van der Waals surface area contributed by atoms with Crippen LogP contribution in [0.4, 0.5) is 0 Å². The first-order valence-corrected chi connectivity index (χ1v) is 4.46. The quantitative estimate of drug-likeness (QED) is 0.598. The lowest BCUT2D eigenvalue weighted by Crippen LogP contribution is -2.10. The van der Waals surface area contributed by atoms with Crippen LogP contribution in [-0.4, -0.2) is 13.4 Å². The molecule has 3 rings (SSSR count). The molecule has 1 aliphatic carbocycles. The summed E-state index contributed by atoms with van der Waals surface area (Å²) in [7, 11) is 0. The van der Waals surface area contributed by atoms with Crippen LogP contribution in [-0.2, 0) is 15.9 Å². The van der Waals surface area contributed by atoms with Crippen LogP contribution < -0.4 is 0 Å². The minimum absolute atomic E-state index is 0.396. The second kappa shape index (κ2) is 2.60. The van der Waals surface area contributed by atoms with Crippen molar-refractivity contribution in [3.8, 4) is 0 Å². The number of benzene rings is 1. The van der Waals surface area contributed by atoms with Crippen molar-refractivity contribution in [2.75, 3.05) is 13.4 Å². The van der Waals surface area contributed by atoms with E-state index in [0.717, 1.165) is 18.8 Å². The van der Waals surface area contributed by atoms with Gasteiger partial charge in [-0.2, -0.15) is 0 Å². The normalized spacial score (nSPS) is 19.4. The minimum Gasteiger partial charge on any atom is -0.467 e. The van der Waals surface area contributed by atoms with Crippen LogP contribution in [0.25, 0.3) is 5.76 Å². The summed E-state index contributed by atoms with van der Waals surface area (Å²) >= 11 is 0. The summed E-state index contributed by atoms with van der Waals surface area (Å²) in [6.45, 7) is 1.12. The lowest BCUT2D eigenvalue weighted by atomic mass is 10.1. The molecule has 0 amide bonds. The minimum atomic E-state index is 0.396. The second-order valence-corrected chi connectivity index (χ2v) is 3.38. The fourth-order valence-corrected chi connectivity index (χ4v) is 1.96. The molecule has 0 atom stereocenters. The van der Waals surface area contributed by atoms with Gasteiger partial charge in [-0.15, -0.1) is 0 Å². The Labute approximate surface area is 76.8 Å². The van der Waals surface area contributed by atoms with Gasteiger partial charge in [0.25, 0.3) is 0 Å². The van der Waals surface area contributed by atoms with E-state index in [9.17, 15) is 0 Å². The van der Waals surface area contributed by atoms with Gasteiger partial charge in [0.1, 0.15) is 5.76 Å². The van der Waals surface area contributed by atoms with E-state index < -0.39 is 0 Å². The van der Waals surface area contributed by atoms with Gasteiger partial charge in [-0.25, -0.2) is 0 Å². The van der Waals surface area contributed by atoms with Crippen LogP contribution >= 0.6 is 0 Å². The standard InChI is InChI=1S/C11H10O2/c1-2-4-10-8(3-1)5-9-6-12-7-13-11(9)10/h1-4H,5-7H2. The summed E-state index contributed by atoms with van der Waals surface area (Å²) in [5.74, 6) is 1.06. The summed E-state index contributed by atoms with van der Waals surface area (Å²) in [4.78, 5) is 0. The molecule has 2 aliphatic rings. The fraction of sp³-hybridized carbons (Fsp3) is 0.273. The zero-order valence-electron chi connectivity index (χ0n) is 7.25. The van der Waals surface area contributed by atoms with Gasteiger partial charge in [0.2, 0.25) is 0 Å². The lowest BCUT2D eigenvalue weighted by Gasteiger charge is -2.16. The molecule has 13 heavy (non-hydrogen) atoms. The van der Waals surface area contributed by atoms with Crippen LogP contribution in [0.1, 0.15) is 11.1 Å². The molecule has 0 saturated carbocycles. The molecule has 1 aliphatic heterocycles. The third-order valence-electron chi connectivity index (χ3n) is 2.55. The fourth-order valence-electron chi connectivity index (χ4n) is 1.96. The lowest BCUT2D eigenvalue weighted by molar-refractivity contribution is -0.00685. The third kappa shape index (κ3) is 0.988. The van der Waals surface area contributed by atoms with Crippen LogP contribution in [0.5, 0.6) is 0 Å². The molecule has 0 N–H and O–H groups in total. The van der Waals surface area contributed by atoms with Crippen molar-refractivity contribution >= 4 is 5.76 Å². The highest BCUT2D eigenvalue weighted by atomic mass is 16.7. The Morgan fingerprint density at radius 1 is 1.15 bits per heavy atom. The summed E-state index contributed by atoms with van der Waals surface area (Å²) < 4.78 is 10.7. The highest BCUT2D eigenvalue weighted by molar-refractivity contribution is 5.72. The Bertz CT molecular complexity index is 379. The highest BCUT2D eigenvalue weighted by Crippen LogP contribution is 2.35. The summed E-state index contributed by atoms with van der Waals surface area (Å²) in [6, 6.07) is 8.38. The van der Waals surface area contributed by atoms with E-state index in [4.69, 9.17) is 9.47 Å². The van der Waals surface area contributed by atoms with Crippen LogP contribution in [0, 0.1) is 0 Å². The third-order valence-corrected chi connectivity index (χ3v) is 2.55. The Kier molecular flexibility index (Phi) is 1.43. The van der Waals surface area contributed by atoms with Crippen LogP contribution in [0.2, 0.25) is 0 Å². The molecule has 0 fully saturated rings. The molecule has 0 aromatic heterocycles. The molecule has 1 aromatic rings. The van der Waals surface area contributed by atoms with Gasteiger partial charge in [0.05, 0.1) is 6.61 Å². The average molecular weight is 174 g/mol. The predicted octanol–water partition coefficient (Wildman–Crippen LogP) is 1.96. The monoisotopic (exact) mass is 174 g/mol. The SMILES string of the molecule is c1ccc2c(c1)CC1=C2OCOC1. The average Bonchev–Trinajstić information content (AvgIpc) is 2.56. The molecule has 0 spiro atoms. The Morgan fingerprint density at radius 2 is 2.08 bits per heavy atom. The Morgan fingerprint density at radius 3 is 3.08 bits per heavy atom. The first-order chi connectivity index (χ1) is 6.45. The van der Waals surface area contributed by atoms with Gasteiger partial charge in [-0.05, 0) is 5.56 Å². The van der Waals surface area contributed by atoms with Gasteiger partial charge >= 0.3 is 0 Å². The molecular formula is C11H10O2. The van der Waals surface area contributed by atoms with E-state index in [0.29, 0.717) is 6.79 Å². The van der Waals surface area contributed by atoms with Gasteiger partial charge in [0, 0.05) is 17.6 Å². The largest absolute Gasteiger partial charge is 0.467 e. The zero-order chi connectivity index (χ0) is 8.67. The number of rotatable bonds is 0. The first kappa shape index (κ1) is 7.15. The van der Waals surface area contributed by atoms with Crippen molar-refractivity contribution in [1.29, 1.82) is 0 Å². The van der Waals surface area contributed by atoms with Crippen molar-refractivity contribution in [3.05, 3.63) is 41.0 Å². The number of hydrogen-bond acceptors (Lipinski definition) is 2. The van der Waals surface area contributed by atoms with Crippen molar-refractivity contribution in [2.45, 2.75) is 6.42 Å². The molecule has 1 aromatic carbocycles. The molecule has 0 unspecified atom stereocenters. The van der Waals surface area contributed by atoms with Crippen molar-refractivity contribution in [3.63, 3.8) is 0 Å². The predicted molar refractivity (Wildman–Crippen MR) is 49.0 cm³/mol. The smallest absolute Gasteiger partial charge is 0.189 e. The summed E-state index contributed by atoms with van der Waals surface area (Å²) in [5, 5.41) is 0. The maximum atomic E-state index is 5.49. The Hall–Kier alpha value is -1.28. The molecule has 2 nitrogen and oxygen atoms in total. The zero-order valence-corrected chi connectivity index (χ0v) is 7.25. The number of ether oxygens (including phenoxy) is 2. The molecule has 0 radical (unpaired) electrons. The molecule has 66 valence electrons. The summed E-state index contributed by atoms with van der Waals surface area (Å²) in [5.41, 5.74) is 3.89. The molecule has 2 heteroatoms. The van der Waals surface area contributed by atoms with E-state index in [-0.39, 0.29) is 0 Å². The topological polar surface area (TPSA) is 18.5 Å². The first-order valence-electron chi connectivity index (χ1n) is 4.46. The van der Waals surface area contributed by atoms with Gasteiger partial charge in [-0.3, -0.25) is 0 Å². The van der Waals surface area contributed by atoms with E-state index in [2.05, 4.69) is 18.2 Å². The van der Waals surface area contributed by atoms with Gasteiger partial charge in [-0.1, -0.05) is 24.3 Å². The number of fused-ring (bicyclic) bond motifs is 2. The molecule has 0 bridgehead atoms. The van der Waals surface area contributed by atoms with E-state index >= 15 is 0 Å². The van der Waals surface area contributed by atoms with Gasteiger partial charge < -0.3 is 9.47 Å². The maximum Gasteiger partial charge on any atom is 0.189 e. The molecule has 0 saturated heterocycles. The maximum absolute atomic E-state index is 5.49. The summed E-state index contributed by atoms with van der Waals surface area (Å²) in [6.07, 6.45) is 0.992. The molecule has 1 heterocycles. The van der Waals surface area contributed by atoms with Crippen LogP contribution in [0.15, 0.2) is 29.8 Å². The molecular weight excluding hydrogens is 164 g/mol. The van der Waals surface area contributed by atoms with E-state index in [1.54, 1.807) is 0 Å². The van der Waals surface area contributed by atoms with Crippen molar-refractivity contribution in [1.82, 2.24) is 0 Å². The van der Waals surface area contributed by atoms with Crippen LogP contribution in [0.3, 0.4) is 0 Å². The second-order valence-electron chi connectivity index (χ2n) is 3.38.